The minimum absolute atomic E-state index is 0.220. The lowest BCUT2D eigenvalue weighted by atomic mass is 10.2. The molecule has 0 fully saturated rings. The van der Waals surface area contributed by atoms with Gasteiger partial charge < -0.3 is 11.1 Å². The number of hydrogen-bond donors (Lipinski definition) is 2. The summed E-state index contributed by atoms with van der Waals surface area (Å²) < 4.78 is 0.903. The Labute approximate surface area is 107 Å². The van der Waals surface area contributed by atoms with Gasteiger partial charge in [0.05, 0.1) is 17.2 Å². The molecule has 0 aliphatic carbocycles. The van der Waals surface area contributed by atoms with Crippen molar-refractivity contribution in [2.45, 2.75) is 13.0 Å². The number of para-hydroxylation sites is 1. The molecule has 0 bridgehead atoms. The van der Waals surface area contributed by atoms with Gasteiger partial charge in [-0.05, 0) is 35.0 Å². The summed E-state index contributed by atoms with van der Waals surface area (Å²) in [5, 5.41) is 3.72. The Bertz CT molecular complexity index is 569. The maximum Gasteiger partial charge on any atom is 0.241 e. The summed E-state index contributed by atoms with van der Waals surface area (Å²) in [6, 6.07) is 7.02. The van der Waals surface area contributed by atoms with E-state index in [-0.39, 0.29) is 5.91 Å². The molecule has 1 unspecified atom stereocenters. The van der Waals surface area contributed by atoms with Gasteiger partial charge in [-0.2, -0.15) is 0 Å². The number of pyridine rings is 1. The molecular weight excluding hydrogens is 282 g/mol. The molecule has 1 heterocycles. The Morgan fingerprint density at radius 3 is 3.00 bits per heavy atom. The van der Waals surface area contributed by atoms with Crippen molar-refractivity contribution >= 4 is 38.4 Å². The fourth-order valence-corrected chi connectivity index (χ4v) is 1.83. The minimum atomic E-state index is -0.541. The number of benzene rings is 1. The van der Waals surface area contributed by atoms with E-state index in [9.17, 15) is 4.79 Å². The Kier molecular flexibility index (Phi) is 3.40. The maximum atomic E-state index is 11.5. The molecule has 1 aromatic carbocycles. The predicted octanol–water partition coefficient (Wildman–Crippen LogP) is 2.28. The van der Waals surface area contributed by atoms with Gasteiger partial charge in [0.15, 0.2) is 0 Å². The highest BCUT2D eigenvalue weighted by Crippen LogP contribution is 2.23. The van der Waals surface area contributed by atoms with E-state index in [0.717, 1.165) is 15.4 Å². The summed E-state index contributed by atoms with van der Waals surface area (Å²) >= 11 is 3.36. The molecule has 0 radical (unpaired) electrons. The van der Waals surface area contributed by atoms with Crippen LogP contribution in [0, 0.1) is 0 Å². The number of fused-ring (bicyclic) bond motifs is 1. The predicted molar refractivity (Wildman–Crippen MR) is 71.7 cm³/mol. The zero-order chi connectivity index (χ0) is 12.4. The van der Waals surface area contributed by atoms with Crippen molar-refractivity contribution in [2.24, 2.45) is 5.73 Å². The third-order valence-corrected chi connectivity index (χ3v) is 2.78. The number of hydrogen-bond acceptors (Lipinski definition) is 3. The van der Waals surface area contributed by atoms with Gasteiger partial charge >= 0.3 is 0 Å². The number of aromatic nitrogens is 1. The average molecular weight is 294 g/mol. The molecule has 3 N–H and O–H groups in total. The van der Waals surface area contributed by atoms with Gasteiger partial charge in [-0.3, -0.25) is 9.78 Å². The number of carbonyl (C=O) groups is 1. The van der Waals surface area contributed by atoms with Gasteiger partial charge in [0, 0.05) is 16.1 Å². The van der Waals surface area contributed by atoms with Crippen molar-refractivity contribution in [3.8, 4) is 0 Å². The summed E-state index contributed by atoms with van der Waals surface area (Å²) in [5.41, 5.74) is 6.94. The summed E-state index contributed by atoms with van der Waals surface area (Å²) in [4.78, 5) is 15.8. The van der Waals surface area contributed by atoms with E-state index < -0.39 is 6.04 Å². The van der Waals surface area contributed by atoms with E-state index in [4.69, 9.17) is 5.73 Å². The molecule has 0 aliphatic rings. The highest BCUT2D eigenvalue weighted by Gasteiger charge is 2.10. The zero-order valence-corrected chi connectivity index (χ0v) is 10.9. The van der Waals surface area contributed by atoms with E-state index >= 15 is 0 Å². The molecule has 1 amide bonds. The number of nitrogens with two attached hydrogens (primary N) is 1. The quantitative estimate of drug-likeness (QED) is 0.893. The van der Waals surface area contributed by atoms with Gasteiger partial charge in [-0.1, -0.05) is 12.1 Å². The van der Waals surface area contributed by atoms with Crippen LogP contribution in [0.4, 0.5) is 5.69 Å². The monoisotopic (exact) mass is 293 g/mol. The molecule has 5 heteroatoms. The van der Waals surface area contributed by atoms with Crippen LogP contribution in [0.15, 0.2) is 34.9 Å². The normalized spacial score (nSPS) is 12.4. The van der Waals surface area contributed by atoms with Crippen molar-refractivity contribution in [2.75, 3.05) is 5.32 Å². The molecule has 0 saturated heterocycles. The number of rotatable bonds is 2. The first-order valence-corrected chi connectivity index (χ1v) is 5.98. The Hall–Kier alpha value is -1.46. The van der Waals surface area contributed by atoms with Crippen molar-refractivity contribution < 1.29 is 4.79 Å². The van der Waals surface area contributed by atoms with Crippen LogP contribution in [0.25, 0.3) is 10.9 Å². The van der Waals surface area contributed by atoms with Crippen LogP contribution in [-0.2, 0) is 4.79 Å². The zero-order valence-electron chi connectivity index (χ0n) is 9.27. The molecule has 2 aromatic rings. The smallest absolute Gasteiger partial charge is 0.241 e. The van der Waals surface area contributed by atoms with Crippen molar-refractivity contribution in [1.82, 2.24) is 4.98 Å². The van der Waals surface area contributed by atoms with Crippen LogP contribution >= 0.6 is 15.9 Å². The highest BCUT2D eigenvalue weighted by molar-refractivity contribution is 9.10. The van der Waals surface area contributed by atoms with Crippen LogP contribution in [0.5, 0.6) is 0 Å². The molecule has 88 valence electrons. The van der Waals surface area contributed by atoms with E-state index in [1.54, 1.807) is 13.1 Å². The van der Waals surface area contributed by atoms with Gasteiger partial charge in [0.1, 0.15) is 0 Å². The highest BCUT2D eigenvalue weighted by atomic mass is 79.9. The Balaban J connectivity index is 2.44. The Morgan fingerprint density at radius 1 is 1.53 bits per heavy atom. The molecule has 2 rings (SSSR count). The van der Waals surface area contributed by atoms with E-state index in [2.05, 4.69) is 26.2 Å². The number of nitrogens with one attached hydrogen (secondary N) is 1. The third-order valence-electron chi connectivity index (χ3n) is 2.35. The second-order valence-electron chi connectivity index (χ2n) is 3.81. The fraction of sp³-hybridized carbons (Fsp3) is 0.167. The molecule has 0 spiro atoms. The molecule has 0 saturated carbocycles. The standard InChI is InChI=1S/C12H12BrN3O/c1-7(14)12(17)16-10-4-2-3-8-5-9(13)6-15-11(8)10/h2-7H,14H2,1H3,(H,16,17). The van der Waals surface area contributed by atoms with Crippen LogP contribution < -0.4 is 11.1 Å². The summed E-state index contributed by atoms with van der Waals surface area (Å²) in [5.74, 6) is -0.220. The number of anilines is 1. The second-order valence-corrected chi connectivity index (χ2v) is 4.72. The first-order chi connectivity index (χ1) is 8.08. The summed E-state index contributed by atoms with van der Waals surface area (Å²) in [6.45, 7) is 1.64. The first-order valence-electron chi connectivity index (χ1n) is 5.18. The van der Waals surface area contributed by atoms with Crippen molar-refractivity contribution in [3.63, 3.8) is 0 Å². The van der Waals surface area contributed by atoms with Gasteiger partial charge in [0.2, 0.25) is 5.91 Å². The van der Waals surface area contributed by atoms with Gasteiger partial charge in [0.25, 0.3) is 0 Å². The number of amides is 1. The van der Waals surface area contributed by atoms with Gasteiger partial charge in [-0.25, -0.2) is 0 Å². The number of carbonyl (C=O) groups excluding carboxylic acids is 1. The lowest BCUT2D eigenvalue weighted by Gasteiger charge is -2.09. The third kappa shape index (κ3) is 2.62. The maximum absolute atomic E-state index is 11.5. The lowest BCUT2D eigenvalue weighted by molar-refractivity contribution is -0.117. The van der Waals surface area contributed by atoms with E-state index in [1.165, 1.54) is 0 Å². The first kappa shape index (κ1) is 12.0. The van der Waals surface area contributed by atoms with Crippen LogP contribution in [0.1, 0.15) is 6.92 Å². The second kappa shape index (κ2) is 4.81. The largest absolute Gasteiger partial charge is 0.323 e. The van der Waals surface area contributed by atoms with E-state index in [1.807, 2.05) is 24.3 Å². The van der Waals surface area contributed by atoms with Crippen LogP contribution in [0.3, 0.4) is 0 Å². The summed E-state index contributed by atoms with van der Waals surface area (Å²) in [7, 11) is 0. The lowest BCUT2D eigenvalue weighted by Crippen LogP contribution is -2.32. The molecule has 17 heavy (non-hydrogen) atoms. The fourth-order valence-electron chi connectivity index (χ4n) is 1.48. The topological polar surface area (TPSA) is 68.0 Å². The minimum Gasteiger partial charge on any atom is -0.323 e. The van der Waals surface area contributed by atoms with Crippen molar-refractivity contribution in [1.29, 1.82) is 0 Å². The molecule has 4 nitrogen and oxygen atoms in total. The van der Waals surface area contributed by atoms with Gasteiger partial charge in [-0.15, -0.1) is 0 Å². The van der Waals surface area contributed by atoms with Crippen LogP contribution in [-0.4, -0.2) is 16.9 Å². The molecule has 0 aliphatic heterocycles. The van der Waals surface area contributed by atoms with E-state index in [0.29, 0.717) is 5.69 Å². The van der Waals surface area contributed by atoms with Crippen molar-refractivity contribution in [3.05, 3.63) is 34.9 Å². The average Bonchev–Trinajstić information content (AvgIpc) is 2.28. The Morgan fingerprint density at radius 2 is 2.29 bits per heavy atom. The molecule has 1 atom stereocenters. The number of nitrogens with zero attached hydrogens (tertiary/aromatic N) is 1. The summed E-state index contributed by atoms with van der Waals surface area (Å²) in [6.07, 6.45) is 1.70. The van der Waals surface area contributed by atoms with Crippen LogP contribution in [0.2, 0.25) is 0 Å². The SMILES string of the molecule is CC(N)C(=O)Nc1cccc2cc(Br)cnc12. The molecule has 1 aromatic heterocycles. The molecular formula is C12H12BrN3O. The number of halogens is 1.